The van der Waals surface area contributed by atoms with Gasteiger partial charge in [-0.2, -0.15) is 0 Å². The third-order valence-corrected chi connectivity index (χ3v) is 4.52. The Morgan fingerprint density at radius 1 is 0.767 bits per heavy atom. The highest BCUT2D eigenvalue weighted by atomic mass is 16.5. The second-order valence-corrected chi connectivity index (χ2v) is 6.72. The fraction of sp³-hybridized carbons (Fsp3) is 0.0833. The largest absolute Gasteiger partial charge is 0.454 e. The lowest BCUT2D eigenvalue weighted by molar-refractivity contribution is 0.0475. The molecule has 0 saturated heterocycles. The van der Waals surface area contributed by atoms with Gasteiger partial charge in [-0.3, -0.25) is 4.79 Å². The lowest BCUT2D eigenvalue weighted by atomic mass is 10.1. The number of benzene rings is 3. The minimum atomic E-state index is -0.572. The molecule has 148 valence electrons. The molecule has 0 spiro atoms. The zero-order valence-electron chi connectivity index (χ0n) is 16.2. The molecule has 1 heterocycles. The Hall–Kier alpha value is -4.06. The number of hydrogen-bond acceptors (Lipinski definition) is 6. The topological polar surface area (TPSA) is 82.3 Å². The number of aromatic nitrogens is 2. The minimum Gasteiger partial charge on any atom is -0.454 e. The van der Waals surface area contributed by atoms with Gasteiger partial charge < -0.3 is 9.15 Å². The predicted molar refractivity (Wildman–Crippen MR) is 111 cm³/mol. The summed E-state index contributed by atoms with van der Waals surface area (Å²) < 4.78 is 10.9. The third-order valence-electron chi connectivity index (χ3n) is 4.52. The summed E-state index contributed by atoms with van der Waals surface area (Å²) in [5.74, 6) is -0.0520. The summed E-state index contributed by atoms with van der Waals surface area (Å²) in [6.45, 7) is 1.63. The number of ketones is 1. The second-order valence-electron chi connectivity index (χ2n) is 6.72. The van der Waals surface area contributed by atoms with Crippen molar-refractivity contribution in [2.45, 2.75) is 6.92 Å². The molecule has 0 atom stereocenters. The van der Waals surface area contributed by atoms with Gasteiger partial charge in [0, 0.05) is 16.7 Å². The first-order valence-corrected chi connectivity index (χ1v) is 9.36. The van der Waals surface area contributed by atoms with Crippen molar-refractivity contribution in [3.05, 3.63) is 95.6 Å². The van der Waals surface area contributed by atoms with Gasteiger partial charge in [0.1, 0.15) is 0 Å². The van der Waals surface area contributed by atoms with Gasteiger partial charge in [-0.15, -0.1) is 10.2 Å². The fourth-order valence-electron chi connectivity index (χ4n) is 2.82. The summed E-state index contributed by atoms with van der Waals surface area (Å²) in [5.41, 5.74) is 3.40. The van der Waals surface area contributed by atoms with Crippen LogP contribution < -0.4 is 0 Å². The lowest BCUT2D eigenvalue weighted by Crippen LogP contribution is -2.14. The minimum absolute atomic E-state index is 0.251. The number of Topliss-reactive ketones (excluding diaryl/α,β-unsaturated/α-hetero) is 1. The molecular formula is C24H18N2O4. The molecule has 4 rings (SSSR count). The Bertz CT molecular complexity index is 1160. The van der Waals surface area contributed by atoms with Crippen molar-refractivity contribution in [1.29, 1.82) is 0 Å². The van der Waals surface area contributed by atoms with Gasteiger partial charge in [0.2, 0.25) is 11.8 Å². The van der Waals surface area contributed by atoms with Gasteiger partial charge in [0.15, 0.2) is 12.4 Å². The average molecular weight is 398 g/mol. The maximum Gasteiger partial charge on any atom is 0.338 e. The number of rotatable bonds is 6. The summed E-state index contributed by atoms with van der Waals surface area (Å²) >= 11 is 0. The zero-order valence-corrected chi connectivity index (χ0v) is 16.2. The molecule has 0 aliphatic rings. The predicted octanol–water partition coefficient (Wildman–Crippen LogP) is 4.75. The number of carbonyl (C=O) groups is 2. The van der Waals surface area contributed by atoms with Crippen molar-refractivity contribution in [1.82, 2.24) is 10.2 Å². The molecule has 0 amide bonds. The molecule has 6 heteroatoms. The van der Waals surface area contributed by atoms with Crippen LogP contribution in [0.3, 0.4) is 0 Å². The maximum absolute atomic E-state index is 12.2. The highest BCUT2D eigenvalue weighted by molar-refractivity contribution is 5.99. The van der Waals surface area contributed by atoms with Gasteiger partial charge >= 0.3 is 5.97 Å². The van der Waals surface area contributed by atoms with Gasteiger partial charge in [0.25, 0.3) is 0 Å². The standard InChI is InChI=1S/C24H18N2O4/c1-16-7-9-17(10-8-16)21(27)15-29-24(28)20-13-11-19(12-14-20)23-26-25-22(30-23)18-5-3-2-4-6-18/h2-14H,15H2,1H3. The fourth-order valence-corrected chi connectivity index (χ4v) is 2.82. The van der Waals surface area contributed by atoms with E-state index in [9.17, 15) is 9.59 Å². The molecule has 3 aromatic carbocycles. The highest BCUT2D eigenvalue weighted by Gasteiger charge is 2.14. The first-order valence-electron chi connectivity index (χ1n) is 9.36. The van der Waals surface area contributed by atoms with Crippen LogP contribution in [0.2, 0.25) is 0 Å². The van der Waals surface area contributed by atoms with Crippen LogP contribution in [0.25, 0.3) is 22.9 Å². The monoisotopic (exact) mass is 398 g/mol. The van der Waals surface area contributed by atoms with E-state index in [-0.39, 0.29) is 12.4 Å². The number of ether oxygens (including phenoxy) is 1. The Morgan fingerprint density at radius 2 is 1.33 bits per heavy atom. The summed E-state index contributed by atoms with van der Waals surface area (Å²) in [6.07, 6.45) is 0. The van der Waals surface area contributed by atoms with Crippen molar-refractivity contribution < 1.29 is 18.7 Å². The molecular weight excluding hydrogens is 380 g/mol. The van der Waals surface area contributed by atoms with Crippen LogP contribution in [0.15, 0.2) is 83.3 Å². The van der Waals surface area contributed by atoms with E-state index < -0.39 is 5.97 Å². The molecule has 0 aliphatic heterocycles. The molecule has 0 N–H and O–H groups in total. The molecule has 0 unspecified atom stereocenters. The Kier molecular flexibility index (Phi) is 5.48. The number of carbonyl (C=O) groups excluding carboxylic acids is 2. The van der Waals surface area contributed by atoms with Gasteiger partial charge in [-0.25, -0.2) is 4.79 Å². The van der Waals surface area contributed by atoms with Crippen LogP contribution in [0, 0.1) is 6.92 Å². The second kappa shape index (κ2) is 8.53. The van der Waals surface area contributed by atoms with Crippen molar-refractivity contribution >= 4 is 11.8 Å². The lowest BCUT2D eigenvalue weighted by Gasteiger charge is -2.05. The molecule has 4 aromatic rings. The molecule has 6 nitrogen and oxygen atoms in total. The third kappa shape index (κ3) is 4.33. The Balaban J connectivity index is 1.39. The van der Waals surface area contributed by atoms with Crippen molar-refractivity contribution in [3.63, 3.8) is 0 Å². The number of hydrogen-bond donors (Lipinski definition) is 0. The molecule has 0 radical (unpaired) electrons. The van der Waals surface area contributed by atoms with E-state index in [4.69, 9.17) is 9.15 Å². The summed E-state index contributed by atoms with van der Waals surface area (Å²) in [4.78, 5) is 24.4. The summed E-state index contributed by atoms with van der Waals surface area (Å²) in [5, 5.41) is 8.12. The SMILES string of the molecule is Cc1ccc(C(=O)COC(=O)c2ccc(-c3nnc(-c4ccccc4)o3)cc2)cc1. The van der Waals surface area contributed by atoms with E-state index in [1.54, 1.807) is 36.4 Å². The zero-order chi connectivity index (χ0) is 20.9. The van der Waals surface area contributed by atoms with Crippen molar-refractivity contribution in [2.75, 3.05) is 6.61 Å². The number of nitrogens with zero attached hydrogens (tertiary/aromatic N) is 2. The van der Waals surface area contributed by atoms with E-state index in [0.717, 1.165) is 11.1 Å². The van der Waals surface area contributed by atoms with Crippen LogP contribution in [-0.4, -0.2) is 28.6 Å². The smallest absolute Gasteiger partial charge is 0.338 e. The van der Waals surface area contributed by atoms with Crippen LogP contribution in [0.1, 0.15) is 26.3 Å². The van der Waals surface area contributed by atoms with Crippen LogP contribution in [0.4, 0.5) is 0 Å². The first kappa shape index (κ1) is 19.3. The Morgan fingerprint density at radius 3 is 1.97 bits per heavy atom. The molecule has 30 heavy (non-hydrogen) atoms. The molecule has 0 fully saturated rings. The normalized spacial score (nSPS) is 10.6. The van der Waals surface area contributed by atoms with Gasteiger partial charge in [-0.1, -0.05) is 48.0 Å². The van der Waals surface area contributed by atoms with E-state index >= 15 is 0 Å². The number of aryl methyl sites for hydroxylation is 1. The van der Waals surface area contributed by atoms with E-state index in [1.807, 2.05) is 49.4 Å². The molecule has 0 bridgehead atoms. The van der Waals surface area contributed by atoms with Crippen molar-refractivity contribution in [2.24, 2.45) is 0 Å². The molecule has 1 aromatic heterocycles. The van der Waals surface area contributed by atoms with Crippen LogP contribution >= 0.6 is 0 Å². The first-order chi connectivity index (χ1) is 14.6. The van der Waals surface area contributed by atoms with E-state index in [1.165, 1.54) is 0 Å². The maximum atomic E-state index is 12.2. The van der Waals surface area contributed by atoms with Crippen LogP contribution in [0.5, 0.6) is 0 Å². The quantitative estimate of drug-likeness (QED) is 0.344. The van der Waals surface area contributed by atoms with Crippen LogP contribution in [-0.2, 0) is 4.74 Å². The summed E-state index contributed by atoms with van der Waals surface area (Å²) in [7, 11) is 0. The molecule has 0 aliphatic carbocycles. The van der Waals surface area contributed by atoms with Crippen molar-refractivity contribution in [3.8, 4) is 22.9 Å². The number of esters is 1. The Labute approximate surface area is 173 Å². The highest BCUT2D eigenvalue weighted by Crippen LogP contribution is 2.24. The molecule has 0 saturated carbocycles. The van der Waals surface area contributed by atoms with E-state index in [0.29, 0.717) is 28.5 Å². The van der Waals surface area contributed by atoms with Gasteiger partial charge in [-0.05, 0) is 43.3 Å². The summed E-state index contributed by atoms with van der Waals surface area (Å²) in [6, 6.07) is 23.2. The average Bonchev–Trinajstić information content (AvgIpc) is 3.29. The van der Waals surface area contributed by atoms with Gasteiger partial charge in [0.05, 0.1) is 5.56 Å². The van der Waals surface area contributed by atoms with E-state index in [2.05, 4.69) is 10.2 Å².